The molecular formula is C46H57B2FN6O6. The number of rotatable bonds is 5. The van der Waals surface area contributed by atoms with Crippen molar-refractivity contribution in [3.05, 3.63) is 112 Å². The molecule has 2 aromatic heterocycles. The topological polar surface area (TPSA) is 121 Å². The Bertz CT molecular complexity index is 2250. The lowest BCUT2D eigenvalue weighted by Gasteiger charge is -2.32. The van der Waals surface area contributed by atoms with Crippen LogP contribution in [0.1, 0.15) is 88.8 Å². The monoisotopic (exact) mass is 830 g/mol. The van der Waals surface area contributed by atoms with Crippen molar-refractivity contribution < 1.29 is 32.5 Å². The van der Waals surface area contributed by atoms with E-state index in [4.69, 9.17) is 33.1 Å². The summed E-state index contributed by atoms with van der Waals surface area (Å²) in [4.78, 5) is 19.9. The maximum absolute atomic E-state index is 13.5. The molecule has 0 saturated carbocycles. The van der Waals surface area contributed by atoms with Crippen LogP contribution in [0.25, 0.3) is 0 Å². The third-order valence-electron chi connectivity index (χ3n) is 12.8. The Morgan fingerprint density at radius 1 is 0.574 bits per heavy atom. The first kappa shape index (κ1) is 43.3. The molecule has 6 aliphatic rings. The van der Waals surface area contributed by atoms with E-state index >= 15 is 0 Å². The fourth-order valence-electron chi connectivity index (χ4n) is 7.75. The molecule has 0 radical (unpaired) electrons. The SMILES string of the molecule is C1COCCN1.CC1(C)OB(c2ccc3c(c2)C(c2ccnc(F)c2)=NC3)OC1(C)C.CC1(C)OB(c2ccc3c(c2)C(c2ccnc(N4CCOCC4)c2)=NC3)OC1(C)C. The van der Waals surface area contributed by atoms with Gasteiger partial charge in [0.05, 0.1) is 73.3 Å². The number of benzene rings is 2. The Morgan fingerprint density at radius 2 is 1.03 bits per heavy atom. The number of aliphatic imine (C=N–C) groups is 2. The molecule has 0 unspecified atom stereocenters. The summed E-state index contributed by atoms with van der Waals surface area (Å²) in [6.45, 7) is 24.8. The van der Waals surface area contributed by atoms with Crippen LogP contribution in [0.15, 0.2) is 83.0 Å². The standard InChI is InChI=1S/C23H28BN3O3.C19H20BFN2O2.C4H9NO/c1-22(2)23(3,4)30-24(29-22)18-6-5-17-15-26-21(19(17)14-18)16-7-8-25-20(13-16)27-9-11-28-12-10-27;1-18(2)19(3,4)25-20(24-18)14-6-5-13-11-23-17(15(13)10-14)12-7-8-22-16(21)9-12;1-3-6-4-2-5-1/h5-8,13-14H,9-12,15H2,1-4H3;5-10H,11H2,1-4H3;5H,1-4H2. The molecule has 0 aliphatic carbocycles. The average molecular weight is 831 g/mol. The Hall–Kier alpha value is -4.34. The number of fused-ring (bicyclic) bond motifs is 2. The van der Waals surface area contributed by atoms with Gasteiger partial charge in [-0.1, -0.05) is 36.4 Å². The number of pyridine rings is 2. The number of morpholine rings is 2. The number of halogens is 1. The predicted octanol–water partition coefficient (Wildman–Crippen LogP) is 5.05. The highest BCUT2D eigenvalue weighted by atomic mass is 19.1. The zero-order valence-electron chi connectivity index (χ0n) is 36.7. The minimum absolute atomic E-state index is 0.355. The van der Waals surface area contributed by atoms with E-state index < -0.39 is 13.1 Å². The van der Waals surface area contributed by atoms with Gasteiger partial charge in [-0.3, -0.25) is 9.98 Å². The van der Waals surface area contributed by atoms with E-state index in [9.17, 15) is 4.39 Å². The summed E-state index contributed by atoms with van der Waals surface area (Å²) in [6, 6.07) is 19.9. The smallest absolute Gasteiger partial charge is 0.399 e. The molecule has 4 aromatic rings. The predicted molar refractivity (Wildman–Crippen MR) is 238 cm³/mol. The summed E-state index contributed by atoms with van der Waals surface area (Å²) < 4.78 is 48.8. The minimum atomic E-state index is -0.504. The van der Waals surface area contributed by atoms with Crippen molar-refractivity contribution >= 4 is 42.4 Å². The third kappa shape index (κ3) is 9.25. The van der Waals surface area contributed by atoms with Crippen molar-refractivity contribution in [3.63, 3.8) is 0 Å². The number of nitrogens with one attached hydrogen (secondary N) is 1. The number of hydrogen-bond donors (Lipinski definition) is 1. The molecule has 2 aromatic carbocycles. The normalized spacial score (nSPS) is 21.7. The van der Waals surface area contributed by atoms with E-state index in [1.807, 2.05) is 58.2 Å². The van der Waals surface area contributed by atoms with Gasteiger partial charge < -0.3 is 38.3 Å². The molecule has 320 valence electrons. The van der Waals surface area contributed by atoms with Crippen LogP contribution in [-0.2, 0) is 41.2 Å². The fraction of sp³-hybridized carbons (Fsp3) is 0.478. The molecule has 1 N–H and O–H groups in total. The number of aromatic nitrogens is 2. The molecule has 10 rings (SSSR count). The largest absolute Gasteiger partial charge is 0.494 e. The van der Waals surface area contributed by atoms with E-state index in [2.05, 4.69) is 77.1 Å². The molecule has 0 spiro atoms. The molecule has 61 heavy (non-hydrogen) atoms. The van der Waals surface area contributed by atoms with Crippen LogP contribution in [0.2, 0.25) is 0 Å². The lowest BCUT2D eigenvalue weighted by molar-refractivity contribution is 0.00578. The second-order valence-electron chi connectivity index (χ2n) is 18.1. The highest BCUT2D eigenvalue weighted by molar-refractivity contribution is 6.62. The zero-order chi connectivity index (χ0) is 43.0. The first-order chi connectivity index (χ1) is 29.1. The summed E-state index contributed by atoms with van der Waals surface area (Å²) in [6.07, 6.45) is 3.34. The summed E-state index contributed by atoms with van der Waals surface area (Å²) in [7, 11) is -0.796. The van der Waals surface area contributed by atoms with Crippen LogP contribution in [0, 0.1) is 5.95 Å². The van der Waals surface area contributed by atoms with Crippen LogP contribution in [-0.4, -0.2) is 111 Å². The summed E-state index contributed by atoms with van der Waals surface area (Å²) in [5.41, 5.74) is 8.62. The van der Waals surface area contributed by atoms with Gasteiger partial charge in [0, 0.05) is 66.9 Å². The molecule has 4 saturated heterocycles. The van der Waals surface area contributed by atoms with Gasteiger partial charge in [-0.15, -0.1) is 0 Å². The Labute approximate surface area is 360 Å². The molecule has 4 fully saturated rings. The summed E-state index contributed by atoms with van der Waals surface area (Å²) in [5.74, 6) is 0.477. The van der Waals surface area contributed by atoms with E-state index in [1.54, 1.807) is 6.07 Å². The molecule has 0 atom stereocenters. The first-order valence-corrected chi connectivity index (χ1v) is 21.4. The van der Waals surface area contributed by atoms with E-state index in [0.29, 0.717) is 13.1 Å². The highest BCUT2D eigenvalue weighted by Gasteiger charge is 2.53. The van der Waals surface area contributed by atoms with Crippen LogP contribution < -0.4 is 21.1 Å². The third-order valence-corrected chi connectivity index (χ3v) is 12.8. The van der Waals surface area contributed by atoms with Gasteiger partial charge in [-0.25, -0.2) is 9.97 Å². The number of hydrogen-bond acceptors (Lipinski definition) is 12. The quantitative estimate of drug-likeness (QED) is 0.216. The van der Waals surface area contributed by atoms with Gasteiger partial charge in [0.25, 0.3) is 0 Å². The average Bonchev–Trinajstić information content (AvgIpc) is 3.98. The minimum Gasteiger partial charge on any atom is -0.399 e. The van der Waals surface area contributed by atoms with Gasteiger partial charge in [0.2, 0.25) is 5.95 Å². The van der Waals surface area contributed by atoms with Gasteiger partial charge in [-0.05, 0) is 95.6 Å². The number of anilines is 1. The molecule has 15 heteroatoms. The summed E-state index contributed by atoms with van der Waals surface area (Å²) >= 11 is 0. The summed E-state index contributed by atoms with van der Waals surface area (Å²) in [5, 5.41) is 3.16. The van der Waals surface area contributed by atoms with Crippen LogP contribution in [0.5, 0.6) is 0 Å². The van der Waals surface area contributed by atoms with Crippen LogP contribution >= 0.6 is 0 Å². The molecular weight excluding hydrogens is 773 g/mol. The lowest BCUT2D eigenvalue weighted by atomic mass is 9.77. The van der Waals surface area contributed by atoms with Crippen molar-refractivity contribution in [2.45, 2.75) is 90.9 Å². The Balaban J connectivity index is 0.000000150. The maximum atomic E-state index is 13.5. The molecule has 0 bridgehead atoms. The van der Waals surface area contributed by atoms with Gasteiger partial charge >= 0.3 is 14.2 Å². The lowest BCUT2D eigenvalue weighted by Crippen LogP contribution is -2.41. The molecule has 0 amide bonds. The van der Waals surface area contributed by atoms with Crippen molar-refractivity contribution in [3.8, 4) is 0 Å². The van der Waals surface area contributed by atoms with E-state index in [-0.39, 0.29) is 29.5 Å². The van der Waals surface area contributed by atoms with Crippen molar-refractivity contribution in [1.82, 2.24) is 15.3 Å². The Morgan fingerprint density at radius 3 is 1.48 bits per heavy atom. The van der Waals surface area contributed by atoms with Crippen LogP contribution in [0.4, 0.5) is 10.2 Å². The maximum Gasteiger partial charge on any atom is 0.494 e. The van der Waals surface area contributed by atoms with Crippen LogP contribution in [0.3, 0.4) is 0 Å². The van der Waals surface area contributed by atoms with E-state index in [1.165, 1.54) is 17.8 Å². The number of nitrogens with zero attached hydrogens (tertiary/aromatic N) is 5. The fourth-order valence-corrected chi connectivity index (χ4v) is 7.75. The van der Waals surface area contributed by atoms with Crippen molar-refractivity contribution in [2.24, 2.45) is 9.98 Å². The highest BCUT2D eigenvalue weighted by Crippen LogP contribution is 2.38. The number of ether oxygens (including phenoxy) is 2. The van der Waals surface area contributed by atoms with E-state index in [0.717, 1.165) is 109 Å². The zero-order valence-corrected chi connectivity index (χ0v) is 36.7. The molecule has 12 nitrogen and oxygen atoms in total. The molecule has 8 heterocycles. The molecule has 6 aliphatic heterocycles. The van der Waals surface area contributed by atoms with Gasteiger partial charge in [0.1, 0.15) is 5.82 Å². The van der Waals surface area contributed by atoms with Gasteiger partial charge in [-0.2, -0.15) is 4.39 Å². The van der Waals surface area contributed by atoms with Crippen molar-refractivity contribution in [1.29, 1.82) is 0 Å². The van der Waals surface area contributed by atoms with Crippen molar-refractivity contribution in [2.75, 3.05) is 57.5 Å². The first-order valence-electron chi connectivity index (χ1n) is 21.4. The second kappa shape index (κ2) is 17.4. The second-order valence-corrected chi connectivity index (χ2v) is 18.1. The Kier molecular flexibility index (Phi) is 12.4. The van der Waals surface area contributed by atoms with Gasteiger partial charge in [0.15, 0.2) is 0 Å².